The van der Waals surface area contributed by atoms with Crippen LogP contribution in [0.3, 0.4) is 0 Å². The molecule has 0 saturated heterocycles. The van der Waals surface area contributed by atoms with E-state index in [0.717, 1.165) is 0 Å². The molecular weight excluding hydrogens is 272 g/mol. The molecule has 1 aromatic rings. The van der Waals surface area contributed by atoms with Gasteiger partial charge in [0.1, 0.15) is 12.3 Å². The molecule has 0 aliphatic rings. The summed E-state index contributed by atoms with van der Waals surface area (Å²) in [6.07, 6.45) is 3.17. The number of hydrogen-bond donors (Lipinski definition) is 3. The average molecular weight is 288 g/mol. The van der Waals surface area contributed by atoms with Crippen LogP contribution in [0, 0.1) is 0 Å². The first-order valence-corrected chi connectivity index (χ1v) is 6.14. The summed E-state index contributed by atoms with van der Waals surface area (Å²) in [6.45, 7) is 3.55. The zero-order chi connectivity index (χ0) is 15.8. The summed E-state index contributed by atoms with van der Waals surface area (Å²) in [7, 11) is 0. The van der Waals surface area contributed by atoms with Crippen LogP contribution in [0.2, 0.25) is 0 Å². The number of carbonyl (C=O) groups excluding carboxylic acids is 2. The highest BCUT2D eigenvalue weighted by molar-refractivity contribution is 5.99. The minimum absolute atomic E-state index is 0.0652. The lowest BCUT2D eigenvalue weighted by Gasteiger charge is -2.11. The lowest BCUT2D eigenvalue weighted by molar-refractivity contribution is -0.142. The first-order valence-electron chi connectivity index (χ1n) is 6.14. The monoisotopic (exact) mass is 288 g/mol. The van der Waals surface area contributed by atoms with Gasteiger partial charge in [-0.25, -0.2) is 4.79 Å². The molecule has 1 rings (SSSR count). The highest BCUT2D eigenvalue weighted by Gasteiger charge is 2.19. The molecule has 0 aliphatic heterocycles. The van der Waals surface area contributed by atoms with E-state index in [4.69, 9.17) is 10.8 Å². The fourth-order valence-corrected chi connectivity index (χ4v) is 1.50. The Kier molecular flexibility index (Phi) is 5.88. The highest BCUT2D eigenvalue weighted by Crippen LogP contribution is 2.13. The lowest BCUT2D eigenvalue weighted by atomic mass is 10.1. The number of anilines is 1. The third-order valence-electron chi connectivity index (χ3n) is 2.69. The third-order valence-corrected chi connectivity index (χ3v) is 2.69. The van der Waals surface area contributed by atoms with Crippen molar-refractivity contribution < 1.29 is 19.5 Å². The molecule has 6 heteroatoms. The van der Waals surface area contributed by atoms with Gasteiger partial charge in [0.2, 0.25) is 0 Å². The Hall–Kier alpha value is -2.89. The van der Waals surface area contributed by atoms with E-state index in [-0.39, 0.29) is 12.0 Å². The molecule has 0 spiro atoms. The molecule has 6 nitrogen and oxygen atoms in total. The van der Waals surface area contributed by atoms with Gasteiger partial charge in [0.05, 0.1) is 0 Å². The Morgan fingerprint density at radius 1 is 1.38 bits per heavy atom. The van der Waals surface area contributed by atoms with Crippen molar-refractivity contribution in [2.75, 3.05) is 5.73 Å². The number of aldehydes is 1. The van der Waals surface area contributed by atoms with Crippen LogP contribution in [0.25, 0.3) is 6.08 Å². The van der Waals surface area contributed by atoms with Crippen LogP contribution < -0.4 is 11.1 Å². The Labute approximate surface area is 122 Å². The van der Waals surface area contributed by atoms with E-state index in [0.29, 0.717) is 17.5 Å². The van der Waals surface area contributed by atoms with Crippen molar-refractivity contribution in [3.05, 3.63) is 48.1 Å². The molecule has 0 bridgehead atoms. The largest absolute Gasteiger partial charge is 0.480 e. The Morgan fingerprint density at radius 2 is 2.05 bits per heavy atom. The number of carbonyl (C=O) groups is 3. The maximum atomic E-state index is 11.8. The van der Waals surface area contributed by atoms with Gasteiger partial charge >= 0.3 is 5.97 Å². The van der Waals surface area contributed by atoms with Gasteiger partial charge in [-0.1, -0.05) is 30.9 Å². The highest BCUT2D eigenvalue weighted by atomic mass is 16.4. The van der Waals surface area contributed by atoms with Crippen LogP contribution in [0.1, 0.15) is 12.0 Å². The van der Waals surface area contributed by atoms with Crippen molar-refractivity contribution in [1.82, 2.24) is 5.32 Å². The number of hydrogen-bond acceptors (Lipinski definition) is 4. The van der Waals surface area contributed by atoms with Gasteiger partial charge in [-0.3, -0.25) is 4.79 Å². The smallest absolute Gasteiger partial charge is 0.326 e. The fraction of sp³-hybridized carbons (Fsp3) is 0.133. The van der Waals surface area contributed by atoms with Crippen molar-refractivity contribution in [1.29, 1.82) is 0 Å². The maximum absolute atomic E-state index is 11.8. The van der Waals surface area contributed by atoms with Crippen LogP contribution in [-0.4, -0.2) is 29.3 Å². The summed E-state index contributed by atoms with van der Waals surface area (Å²) in [5.41, 5.74) is 7.07. The number of para-hydroxylation sites is 1. The van der Waals surface area contributed by atoms with Crippen molar-refractivity contribution in [3.63, 3.8) is 0 Å². The number of rotatable bonds is 7. The number of amides is 1. The second kappa shape index (κ2) is 7.64. The summed E-state index contributed by atoms with van der Waals surface area (Å²) in [5.74, 6) is -1.94. The Balaban J connectivity index is 2.71. The van der Waals surface area contributed by atoms with Gasteiger partial charge < -0.3 is 21.0 Å². The first-order chi connectivity index (χ1) is 9.95. The number of carboxylic acid groups (broad SMARTS) is 1. The van der Waals surface area contributed by atoms with Crippen LogP contribution in [-0.2, 0) is 14.4 Å². The molecule has 1 atom stereocenters. The Bertz CT molecular complexity index is 593. The molecule has 0 heterocycles. The van der Waals surface area contributed by atoms with Gasteiger partial charge in [0, 0.05) is 17.7 Å². The Morgan fingerprint density at radius 3 is 2.62 bits per heavy atom. The average Bonchev–Trinajstić information content (AvgIpc) is 2.45. The summed E-state index contributed by atoms with van der Waals surface area (Å²) in [4.78, 5) is 33.0. The number of nitrogens with two attached hydrogens (primary N) is 1. The molecule has 0 aliphatic carbocycles. The number of nitrogen functional groups attached to an aromatic ring is 1. The van der Waals surface area contributed by atoms with Crippen LogP contribution in [0.5, 0.6) is 0 Å². The summed E-state index contributed by atoms with van der Waals surface area (Å²) >= 11 is 0. The lowest BCUT2D eigenvalue weighted by Crippen LogP contribution is -2.41. The predicted octanol–water partition coefficient (Wildman–Crippen LogP) is 0.997. The third kappa shape index (κ3) is 4.94. The van der Waals surface area contributed by atoms with Gasteiger partial charge in [-0.15, -0.1) is 0 Å². The minimum atomic E-state index is -1.28. The van der Waals surface area contributed by atoms with Gasteiger partial charge in [-0.2, -0.15) is 0 Å². The molecule has 1 amide bonds. The molecule has 21 heavy (non-hydrogen) atoms. The number of benzene rings is 1. The van der Waals surface area contributed by atoms with Crippen LogP contribution in [0.15, 0.2) is 42.5 Å². The molecule has 110 valence electrons. The maximum Gasteiger partial charge on any atom is 0.326 e. The second-order valence-corrected chi connectivity index (χ2v) is 4.25. The topological polar surface area (TPSA) is 109 Å². The molecule has 0 saturated carbocycles. The van der Waals surface area contributed by atoms with Crippen molar-refractivity contribution in [2.24, 2.45) is 0 Å². The van der Waals surface area contributed by atoms with Gasteiger partial charge in [0.25, 0.3) is 5.91 Å². The van der Waals surface area contributed by atoms with Crippen LogP contribution in [0.4, 0.5) is 5.69 Å². The van der Waals surface area contributed by atoms with Crippen molar-refractivity contribution in [2.45, 2.75) is 12.5 Å². The normalized spacial score (nSPS) is 11.8. The zero-order valence-corrected chi connectivity index (χ0v) is 11.3. The second-order valence-electron chi connectivity index (χ2n) is 4.25. The number of carboxylic acids is 1. The quantitative estimate of drug-likeness (QED) is 0.300. The summed E-state index contributed by atoms with van der Waals surface area (Å²) in [6, 6.07) is 5.80. The number of nitrogens with one attached hydrogen (secondary N) is 1. The van der Waals surface area contributed by atoms with E-state index in [1.807, 2.05) is 0 Å². The standard InChI is InChI=1S/C15H16N2O4/c1-10(6-7-11-4-2-3-5-12(11)16)14(19)17-13(8-9-18)15(20)21/h2-7,9,13H,1,8,16H2,(H,17,19)(H,20,21)/b7-6-. The molecule has 1 aromatic carbocycles. The first kappa shape index (κ1) is 16.2. The van der Waals surface area contributed by atoms with E-state index in [2.05, 4.69) is 11.9 Å². The molecule has 1 unspecified atom stereocenters. The van der Waals surface area contributed by atoms with E-state index >= 15 is 0 Å². The van der Waals surface area contributed by atoms with Crippen molar-refractivity contribution >= 4 is 29.9 Å². The van der Waals surface area contributed by atoms with Crippen molar-refractivity contribution in [3.8, 4) is 0 Å². The summed E-state index contributed by atoms with van der Waals surface area (Å²) < 4.78 is 0. The van der Waals surface area contributed by atoms with Crippen LogP contribution >= 0.6 is 0 Å². The van der Waals surface area contributed by atoms with E-state index in [1.54, 1.807) is 30.3 Å². The van der Waals surface area contributed by atoms with Gasteiger partial charge in [-0.05, 0) is 17.7 Å². The molecule has 0 radical (unpaired) electrons. The minimum Gasteiger partial charge on any atom is -0.480 e. The fourth-order valence-electron chi connectivity index (χ4n) is 1.50. The molecule has 0 aromatic heterocycles. The SMILES string of the molecule is C=C(/C=C\c1ccccc1N)C(=O)NC(CC=O)C(=O)O. The molecular formula is C15H16N2O4. The zero-order valence-electron chi connectivity index (χ0n) is 11.3. The van der Waals surface area contributed by atoms with E-state index in [9.17, 15) is 14.4 Å². The predicted molar refractivity (Wildman–Crippen MR) is 79.3 cm³/mol. The number of aliphatic carboxylic acids is 1. The van der Waals surface area contributed by atoms with E-state index < -0.39 is 17.9 Å². The summed E-state index contributed by atoms with van der Waals surface area (Å²) in [5, 5.41) is 11.1. The van der Waals surface area contributed by atoms with Gasteiger partial charge in [0.15, 0.2) is 0 Å². The van der Waals surface area contributed by atoms with E-state index in [1.165, 1.54) is 6.08 Å². The molecule has 4 N–H and O–H groups in total. The molecule has 0 fully saturated rings.